The van der Waals surface area contributed by atoms with Crippen molar-refractivity contribution in [3.63, 3.8) is 0 Å². The molecule has 0 aliphatic carbocycles. The van der Waals surface area contributed by atoms with Gasteiger partial charge in [0.1, 0.15) is 12.6 Å². The van der Waals surface area contributed by atoms with Crippen LogP contribution >= 0.6 is 0 Å². The third-order valence-corrected chi connectivity index (χ3v) is 3.97. The molecule has 0 aliphatic rings. The molecule has 6 nitrogen and oxygen atoms in total. The summed E-state index contributed by atoms with van der Waals surface area (Å²) in [5.41, 5.74) is 2.55. The number of carbonyl (C=O) groups is 2. The number of methoxy groups -OCH3 is 1. The minimum Gasteiger partial charge on any atom is -0.445 e. The molecule has 0 aliphatic heterocycles. The number of nitrogens with one attached hydrogen (secondary N) is 2. The maximum absolute atomic E-state index is 12.6. The molecule has 0 aromatic heterocycles. The normalized spacial score (nSPS) is 11.7. The summed E-state index contributed by atoms with van der Waals surface area (Å²) in [4.78, 5) is 24.6. The summed E-state index contributed by atoms with van der Waals surface area (Å²) in [6, 6.07) is 16.0. The highest BCUT2D eigenvalue weighted by Crippen LogP contribution is 2.12. The molecule has 2 aromatic carbocycles. The fraction of sp³-hybridized carbons (Fsp3) is 0.333. The second kappa shape index (κ2) is 10.3. The molecular formula is C21H26N2O4. The molecule has 0 saturated carbocycles. The van der Waals surface area contributed by atoms with Gasteiger partial charge in [0.2, 0.25) is 5.91 Å². The van der Waals surface area contributed by atoms with E-state index in [2.05, 4.69) is 10.6 Å². The fourth-order valence-corrected chi connectivity index (χ4v) is 2.50. The molecule has 0 fully saturated rings. The van der Waals surface area contributed by atoms with Crippen LogP contribution in [0.25, 0.3) is 0 Å². The minimum atomic E-state index is -0.702. The van der Waals surface area contributed by atoms with Gasteiger partial charge in [-0.3, -0.25) is 4.79 Å². The van der Waals surface area contributed by atoms with E-state index in [1.807, 2.05) is 56.3 Å². The van der Waals surface area contributed by atoms with Crippen LogP contribution in [0.1, 0.15) is 25.0 Å². The smallest absolute Gasteiger partial charge is 0.408 e. The largest absolute Gasteiger partial charge is 0.445 e. The highest BCUT2D eigenvalue weighted by Gasteiger charge is 2.25. The molecule has 0 heterocycles. The summed E-state index contributed by atoms with van der Waals surface area (Å²) in [6.45, 7) is 4.39. The molecular weight excluding hydrogens is 344 g/mol. The third kappa shape index (κ3) is 6.75. The molecule has 6 heteroatoms. The molecule has 0 saturated heterocycles. The lowest BCUT2D eigenvalue weighted by Gasteiger charge is -2.21. The Labute approximate surface area is 159 Å². The lowest BCUT2D eigenvalue weighted by molar-refractivity contribution is -0.119. The fourth-order valence-electron chi connectivity index (χ4n) is 2.50. The molecule has 144 valence electrons. The molecule has 0 unspecified atom stereocenters. The number of anilines is 1. The molecule has 2 rings (SSSR count). The predicted octanol–water partition coefficient (Wildman–Crippen LogP) is 3.72. The molecule has 2 amide bonds. The first-order valence-electron chi connectivity index (χ1n) is 8.85. The van der Waals surface area contributed by atoms with E-state index in [0.29, 0.717) is 12.3 Å². The van der Waals surface area contributed by atoms with E-state index in [1.165, 1.54) is 0 Å². The molecule has 0 spiro atoms. The summed E-state index contributed by atoms with van der Waals surface area (Å²) >= 11 is 0. The monoisotopic (exact) mass is 370 g/mol. The first kappa shape index (κ1) is 20.5. The number of ether oxygens (including phenoxy) is 2. The number of amides is 2. The molecule has 2 N–H and O–H groups in total. The highest BCUT2D eigenvalue weighted by molar-refractivity contribution is 5.96. The number of alkyl carbamates (subject to hydrolysis) is 1. The van der Waals surface area contributed by atoms with Crippen molar-refractivity contribution < 1.29 is 19.1 Å². The summed E-state index contributed by atoms with van der Waals surface area (Å²) in [6.07, 6.45) is -0.622. The first-order chi connectivity index (χ1) is 13.0. The molecule has 1 atom stereocenters. The van der Waals surface area contributed by atoms with Crippen molar-refractivity contribution in [1.29, 1.82) is 0 Å². The Bertz CT molecular complexity index is 730. The van der Waals surface area contributed by atoms with Crippen molar-refractivity contribution in [2.24, 2.45) is 5.92 Å². The maximum Gasteiger partial charge on any atom is 0.408 e. The van der Waals surface area contributed by atoms with Crippen molar-refractivity contribution >= 4 is 17.7 Å². The van der Waals surface area contributed by atoms with Crippen LogP contribution in [0.15, 0.2) is 54.6 Å². The van der Waals surface area contributed by atoms with E-state index < -0.39 is 12.1 Å². The van der Waals surface area contributed by atoms with Gasteiger partial charge in [0, 0.05) is 12.8 Å². The Morgan fingerprint density at radius 2 is 1.56 bits per heavy atom. The van der Waals surface area contributed by atoms with E-state index >= 15 is 0 Å². The van der Waals surface area contributed by atoms with Crippen LogP contribution in [0.2, 0.25) is 0 Å². The Morgan fingerprint density at radius 3 is 2.15 bits per heavy atom. The van der Waals surface area contributed by atoms with Crippen LogP contribution in [0.3, 0.4) is 0 Å². The second-order valence-corrected chi connectivity index (χ2v) is 6.55. The van der Waals surface area contributed by atoms with E-state index in [1.54, 1.807) is 19.2 Å². The summed E-state index contributed by atoms with van der Waals surface area (Å²) in [5.74, 6) is -0.386. The topological polar surface area (TPSA) is 76.7 Å². The standard InChI is InChI=1S/C21H26N2O4/c1-15(2)19(23-21(25)27-14-16-7-5-4-6-8-16)20(24)22-18-11-9-17(10-12-18)13-26-3/h4-12,15,19H,13-14H2,1-3H3,(H,22,24)(H,23,25)/t19-/m0/s1. The quantitative estimate of drug-likeness (QED) is 0.742. The van der Waals surface area contributed by atoms with Gasteiger partial charge in [-0.1, -0.05) is 56.3 Å². The van der Waals surface area contributed by atoms with Gasteiger partial charge in [-0.2, -0.15) is 0 Å². The van der Waals surface area contributed by atoms with Crippen molar-refractivity contribution in [3.05, 3.63) is 65.7 Å². The lowest BCUT2D eigenvalue weighted by atomic mass is 10.0. The van der Waals surface area contributed by atoms with Crippen molar-refractivity contribution in [1.82, 2.24) is 5.32 Å². The van der Waals surface area contributed by atoms with Crippen LogP contribution in [-0.2, 0) is 27.5 Å². The van der Waals surface area contributed by atoms with Crippen molar-refractivity contribution in [2.75, 3.05) is 12.4 Å². The van der Waals surface area contributed by atoms with Crippen LogP contribution in [-0.4, -0.2) is 25.2 Å². The summed E-state index contributed by atoms with van der Waals surface area (Å²) < 4.78 is 10.3. The number of hydrogen-bond donors (Lipinski definition) is 2. The zero-order valence-electron chi connectivity index (χ0n) is 15.9. The summed E-state index contributed by atoms with van der Waals surface area (Å²) in [5, 5.41) is 5.47. The zero-order valence-corrected chi connectivity index (χ0v) is 15.9. The van der Waals surface area contributed by atoms with Crippen molar-refractivity contribution in [2.45, 2.75) is 33.1 Å². The van der Waals surface area contributed by atoms with Gasteiger partial charge in [0.15, 0.2) is 0 Å². The zero-order chi connectivity index (χ0) is 19.6. The van der Waals surface area contributed by atoms with Gasteiger partial charge in [-0.15, -0.1) is 0 Å². The number of benzene rings is 2. The van der Waals surface area contributed by atoms with E-state index in [4.69, 9.17) is 9.47 Å². The van der Waals surface area contributed by atoms with Gasteiger partial charge in [0.25, 0.3) is 0 Å². The first-order valence-corrected chi connectivity index (χ1v) is 8.85. The lowest BCUT2D eigenvalue weighted by Crippen LogP contribution is -2.47. The van der Waals surface area contributed by atoms with Crippen LogP contribution in [0.5, 0.6) is 0 Å². The van der Waals surface area contributed by atoms with Crippen LogP contribution in [0, 0.1) is 5.92 Å². The Balaban J connectivity index is 1.90. The molecule has 2 aromatic rings. The van der Waals surface area contributed by atoms with Crippen molar-refractivity contribution in [3.8, 4) is 0 Å². The number of hydrogen-bond acceptors (Lipinski definition) is 4. The highest BCUT2D eigenvalue weighted by atomic mass is 16.5. The van der Waals surface area contributed by atoms with Crippen LogP contribution in [0.4, 0.5) is 10.5 Å². The molecule has 0 bridgehead atoms. The van der Waals surface area contributed by atoms with E-state index in [9.17, 15) is 9.59 Å². The van der Waals surface area contributed by atoms with Gasteiger partial charge in [0.05, 0.1) is 6.61 Å². The SMILES string of the molecule is COCc1ccc(NC(=O)[C@@H](NC(=O)OCc2ccccc2)C(C)C)cc1. The van der Waals surface area contributed by atoms with E-state index in [0.717, 1.165) is 11.1 Å². The molecule has 0 radical (unpaired) electrons. The van der Waals surface area contributed by atoms with Gasteiger partial charge >= 0.3 is 6.09 Å². The maximum atomic E-state index is 12.6. The van der Waals surface area contributed by atoms with E-state index in [-0.39, 0.29) is 18.4 Å². The second-order valence-electron chi connectivity index (χ2n) is 6.55. The predicted molar refractivity (Wildman–Crippen MR) is 104 cm³/mol. The third-order valence-electron chi connectivity index (χ3n) is 3.97. The minimum absolute atomic E-state index is 0.0953. The van der Waals surface area contributed by atoms with Gasteiger partial charge in [-0.25, -0.2) is 4.79 Å². The Hall–Kier alpha value is -2.86. The summed E-state index contributed by atoms with van der Waals surface area (Å²) in [7, 11) is 1.63. The molecule has 27 heavy (non-hydrogen) atoms. The number of carbonyl (C=O) groups excluding carboxylic acids is 2. The van der Waals surface area contributed by atoms with Gasteiger partial charge in [-0.05, 0) is 29.2 Å². The van der Waals surface area contributed by atoms with Gasteiger partial charge < -0.3 is 20.1 Å². The Morgan fingerprint density at radius 1 is 0.926 bits per heavy atom. The average Bonchev–Trinajstić information content (AvgIpc) is 2.66. The average molecular weight is 370 g/mol. The van der Waals surface area contributed by atoms with Crippen LogP contribution < -0.4 is 10.6 Å². The Kier molecular flexibility index (Phi) is 7.82. The number of rotatable bonds is 8.